The summed E-state index contributed by atoms with van der Waals surface area (Å²) in [6.45, 7) is 0.260. The number of urea groups is 1. The van der Waals surface area contributed by atoms with Crippen LogP contribution in [0.25, 0.3) is 11.3 Å². The number of aromatic nitrogens is 4. The Hall–Kier alpha value is -5.41. The van der Waals surface area contributed by atoms with Crippen LogP contribution in [0.3, 0.4) is 0 Å². The van der Waals surface area contributed by atoms with Gasteiger partial charge in [0.05, 0.1) is 38.5 Å². The monoisotopic (exact) mass is 810 g/mol. The Morgan fingerprint density at radius 2 is 1.58 bits per heavy atom. The summed E-state index contributed by atoms with van der Waals surface area (Å²) in [5.74, 6) is -1.78. The first-order valence-corrected chi connectivity index (χ1v) is 16.9. The van der Waals surface area contributed by atoms with E-state index in [0.717, 1.165) is 16.8 Å². The van der Waals surface area contributed by atoms with E-state index < -0.39 is 47.2 Å². The van der Waals surface area contributed by atoms with Gasteiger partial charge in [0.1, 0.15) is 22.3 Å². The van der Waals surface area contributed by atoms with Crippen molar-refractivity contribution in [3.63, 3.8) is 0 Å². The number of alkyl halides is 2. The summed E-state index contributed by atoms with van der Waals surface area (Å²) in [5, 5.41) is 5.62. The van der Waals surface area contributed by atoms with E-state index in [9.17, 15) is 31.2 Å². The highest BCUT2D eigenvalue weighted by molar-refractivity contribution is 7.85. The molecule has 2 aromatic carbocycles. The zero-order valence-corrected chi connectivity index (χ0v) is 30.6. The first-order chi connectivity index (χ1) is 25.1. The SMILES string of the molecule is CCOC(=O)COc1cc(-c2nn(C)c(OC(F)F)c2Cl)c(F)cc1Cl.CCOc1ccccc1OS(=O)(=O)NC(=O)Nc1nc(OC)cc(OC)n1. The number of nitrogens with zero attached hydrogens (tertiary/aromatic N) is 4. The van der Waals surface area contributed by atoms with Crippen LogP contribution in [0.4, 0.5) is 23.9 Å². The number of anilines is 1. The Balaban J connectivity index is 0.000000286. The van der Waals surface area contributed by atoms with E-state index in [2.05, 4.69) is 25.1 Å². The van der Waals surface area contributed by atoms with Gasteiger partial charge in [0.2, 0.25) is 23.6 Å². The van der Waals surface area contributed by atoms with Gasteiger partial charge in [-0.3, -0.25) is 5.32 Å². The number of nitrogens with one attached hydrogen (secondary N) is 2. The minimum atomic E-state index is -4.49. The molecule has 0 saturated heterocycles. The number of amides is 2. The fourth-order valence-electron chi connectivity index (χ4n) is 3.87. The molecule has 0 spiro atoms. The predicted molar refractivity (Wildman–Crippen MR) is 182 cm³/mol. The third kappa shape index (κ3) is 12.4. The Labute approximate surface area is 310 Å². The molecule has 2 heterocycles. The number of carbonyl (C=O) groups excluding carboxylic acids is 2. The topological polar surface area (TPSA) is 201 Å². The summed E-state index contributed by atoms with van der Waals surface area (Å²) in [6, 6.07) is 8.45. The second-order valence-corrected chi connectivity index (χ2v) is 11.6. The van der Waals surface area contributed by atoms with Crippen molar-refractivity contribution in [1.82, 2.24) is 24.5 Å². The average molecular weight is 812 g/mol. The van der Waals surface area contributed by atoms with E-state index in [0.29, 0.717) is 6.61 Å². The van der Waals surface area contributed by atoms with Crippen LogP contribution in [0, 0.1) is 5.82 Å². The lowest BCUT2D eigenvalue weighted by Crippen LogP contribution is -2.37. The Morgan fingerprint density at radius 1 is 0.943 bits per heavy atom. The molecule has 17 nitrogen and oxygen atoms in total. The summed E-state index contributed by atoms with van der Waals surface area (Å²) < 4.78 is 100. The van der Waals surface area contributed by atoms with Gasteiger partial charge in [0, 0.05) is 12.6 Å². The molecule has 0 saturated carbocycles. The van der Waals surface area contributed by atoms with Crippen molar-refractivity contribution in [3.05, 3.63) is 58.3 Å². The zero-order chi connectivity index (χ0) is 39.3. The third-order valence-electron chi connectivity index (χ3n) is 5.96. The minimum Gasteiger partial charge on any atom is -0.490 e. The quantitative estimate of drug-likeness (QED) is 0.144. The van der Waals surface area contributed by atoms with E-state index in [1.165, 1.54) is 39.5 Å². The summed E-state index contributed by atoms with van der Waals surface area (Å²) in [6.07, 6.45) is 0. The number of benzene rings is 2. The van der Waals surface area contributed by atoms with Crippen molar-refractivity contribution in [2.75, 3.05) is 39.4 Å². The predicted octanol–water partition coefficient (Wildman–Crippen LogP) is 5.41. The van der Waals surface area contributed by atoms with Gasteiger partial charge < -0.3 is 32.6 Å². The van der Waals surface area contributed by atoms with E-state index in [4.69, 9.17) is 51.1 Å². The Bertz CT molecular complexity index is 1990. The summed E-state index contributed by atoms with van der Waals surface area (Å²) in [5.41, 5.74) is -0.321. The van der Waals surface area contributed by atoms with Crippen LogP contribution in [0.1, 0.15) is 13.8 Å². The van der Waals surface area contributed by atoms with Gasteiger partial charge in [-0.1, -0.05) is 35.3 Å². The van der Waals surface area contributed by atoms with Crippen LogP contribution in [-0.4, -0.2) is 80.8 Å². The summed E-state index contributed by atoms with van der Waals surface area (Å²) >= 11 is 11.9. The number of rotatable bonds is 15. The molecule has 2 amide bonds. The number of halogens is 5. The van der Waals surface area contributed by atoms with Gasteiger partial charge in [-0.25, -0.2) is 23.4 Å². The fraction of sp³-hybridized carbons (Fsp3) is 0.300. The number of hydrogen-bond acceptors (Lipinski definition) is 14. The molecule has 0 atom stereocenters. The van der Waals surface area contributed by atoms with Crippen LogP contribution in [-0.2, 0) is 26.9 Å². The van der Waals surface area contributed by atoms with E-state index >= 15 is 0 Å². The molecule has 0 aliphatic heterocycles. The summed E-state index contributed by atoms with van der Waals surface area (Å²) in [4.78, 5) is 31.0. The normalized spacial score (nSPS) is 10.8. The van der Waals surface area contributed by atoms with Gasteiger partial charge in [-0.05, 0) is 38.1 Å². The first-order valence-electron chi connectivity index (χ1n) is 14.8. The zero-order valence-electron chi connectivity index (χ0n) is 28.3. The molecule has 4 rings (SSSR count). The third-order valence-corrected chi connectivity index (χ3v) is 7.43. The molecule has 0 fully saturated rings. The minimum absolute atomic E-state index is 0.0332. The first kappa shape index (κ1) is 42.0. The molecule has 4 aromatic rings. The van der Waals surface area contributed by atoms with Crippen LogP contribution in [0.5, 0.6) is 34.9 Å². The second kappa shape index (κ2) is 19.4. The lowest BCUT2D eigenvalue weighted by molar-refractivity contribution is -0.145. The van der Waals surface area contributed by atoms with E-state index in [-0.39, 0.29) is 62.9 Å². The van der Waals surface area contributed by atoms with Crippen LogP contribution >= 0.6 is 23.2 Å². The lowest BCUT2D eigenvalue weighted by Gasteiger charge is -2.12. The summed E-state index contributed by atoms with van der Waals surface area (Å²) in [7, 11) is -0.460. The number of para-hydroxylation sites is 2. The maximum Gasteiger partial charge on any atom is 0.411 e. The molecule has 288 valence electrons. The van der Waals surface area contributed by atoms with Crippen LogP contribution in [0.15, 0.2) is 42.5 Å². The van der Waals surface area contributed by atoms with Crippen LogP contribution < -0.4 is 37.9 Å². The number of carbonyl (C=O) groups is 2. The van der Waals surface area contributed by atoms with Crippen molar-refractivity contribution >= 4 is 51.5 Å². The standard InChI is InChI=1S/C15H13Cl2F3N2O4.C15H18N4O7S/c1-3-24-11(23)6-25-10-4-7(9(18)5-8(10)16)13-12(17)14(22(2)21-13)26-15(19)20;1-4-25-10-7-5-6-8-11(10)26-27(21,22)19-15(20)18-14-16-12(23-2)9-13(17-14)24-3/h4-5,15H,3,6H2,1-2H3;5-9H,4H2,1-3H3,(H2,16,17,18,19,20). The largest absolute Gasteiger partial charge is 0.490 e. The number of aryl methyl sites for hydroxylation is 1. The Kier molecular flexibility index (Phi) is 15.4. The van der Waals surface area contributed by atoms with Gasteiger partial charge in [0.15, 0.2) is 18.1 Å². The lowest BCUT2D eigenvalue weighted by atomic mass is 10.1. The number of esters is 1. The highest BCUT2D eigenvalue weighted by Gasteiger charge is 2.24. The molecule has 0 unspecified atom stereocenters. The van der Waals surface area contributed by atoms with Gasteiger partial charge in [0.25, 0.3) is 0 Å². The maximum atomic E-state index is 14.3. The molecule has 0 radical (unpaired) electrons. The molecule has 0 bridgehead atoms. The fourth-order valence-corrected chi connectivity index (χ4v) is 5.08. The van der Waals surface area contributed by atoms with Crippen LogP contribution in [0.2, 0.25) is 10.0 Å². The molecule has 53 heavy (non-hydrogen) atoms. The molecular weight excluding hydrogens is 780 g/mol. The average Bonchev–Trinajstić information content (AvgIpc) is 3.36. The number of ether oxygens (including phenoxy) is 6. The van der Waals surface area contributed by atoms with Crippen molar-refractivity contribution < 1.29 is 63.8 Å². The van der Waals surface area contributed by atoms with Gasteiger partial charge in [-0.2, -0.15) is 32.3 Å². The van der Waals surface area contributed by atoms with Crippen molar-refractivity contribution in [2.45, 2.75) is 20.5 Å². The van der Waals surface area contributed by atoms with E-state index in [1.54, 1.807) is 30.7 Å². The van der Waals surface area contributed by atoms with Gasteiger partial charge >= 0.3 is 28.9 Å². The second-order valence-electron chi connectivity index (χ2n) is 9.58. The highest BCUT2D eigenvalue weighted by Crippen LogP contribution is 2.40. The molecule has 2 N–H and O–H groups in total. The maximum absolute atomic E-state index is 14.3. The molecular formula is C30H31Cl2F3N6O11S. The van der Waals surface area contributed by atoms with E-state index in [1.807, 2.05) is 0 Å². The van der Waals surface area contributed by atoms with Crippen molar-refractivity contribution in [2.24, 2.45) is 7.05 Å². The van der Waals surface area contributed by atoms with Gasteiger partial charge in [-0.15, -0.1) is 0 Å². The van der Waals surface area contributed by atoms with Crippen molar-refractivity contribution in [3.8, 4) is 46.1 Å². The smallest absolute Gasteiger partial charge is 0.411 e. The molecule has 2 aromatic heterocycles. The van der Waals surface area contributed by atoms with Crippen molar-refractivity contribution in [1.29, 1.82) is 0 Å². The number of hydrogen-bond donors (Lipinski definition) is 2. The molecule has 0 aliphatic carbocycles. The number of methoxy groups -OCH3 is 2. The molecule has 23 heteroatoms. The molecule has 0 aliphatic rings. The highest BCUT2D eigenvalue weighted by atomic mass is 35.5. The Morgan fingerprint density at radius 3 is 2.17 bits per heavy atom.